The molecular weight excluding hydrogens is 312 g/mol. The van der Waals surface area contributed by atoms with Crippen molar-refractivity contribution >= 4 is 38.9 Å². The van der Waals surface area contributed by atoms with Gasteiger partial charge in [0.1, 0.15) is 0 Å². The van der Waals surface area contributed by atoms with Crippen LogP contribution >= 0.6 is 28.1 Å². The highest BCUT2D eigenvalue weighted by atomic mass is 79.9. The highest BCUT2D eigenvalue weighted by Crippen LogP contribution is 2.21. The fourth-order valence-electron chi connectivity index (χ4n) is 1.65. The maximum absolute atomic E-state index is 5.28. The Balaban J connectivity index is 2.64. The molecule has 0 aromatic heterocycles. The van der Waals surface area contributed by atoms with Crippen molar-refractivity contribution in [3.05, 3.63) is 28.2 Å². The van der Waals surface area contributed by atoms with Crippen LogP contribution in [0.5, 0.6) is 0 Å². The van der Waals surface area contributed by atoms with Crippen molar-refractivity contribution in [1.82, 2.24) is 5.32 Å². The number of methoxy groups -OCH3 is 1. The summed E-state index contributed by atoms with van der Waals surface area (Å²) in [7, 11) is 1.68. The normalized spacial score (nSPS) is 12.0. The highest BCUT2D eigenvalue weighted by Gasteiger charge is 2.06. The number of halogens is 1. The molecule has 3 nitrogen and oxygen atoms in total. The molecule has 0 bridgehead atoms. The van der Waals surface area contributed by atoms with Crippen LogP contribution in [0.15, 0.2) is 22.7 Å². The van der Waals surface area contributed by atoms with Gasteiger partial charge >= 0.3 is 0 Å². The summed E-state index contributed by atoms with van der Waals surface area (Å²) in [5, 5.41) is 7.02. The van der Waals surface area contributed by atoms with E-state index in [0.29, 0.717) is 11.7 Å². The van der Waals surface area contributed by atoms with Gasteiger partial charge in [0.2, 0.25) is 0 Å². The van der Waals surface area contributed by atoms with Crippen LogP contribution in [0.1, 0.15) is 19.4 Å². The molecule has 0 fully saturated rings. The Labute approximate surface area is 122 Å². The van der Waals surface area contributed by atoms with Crippen LogP contribution in [0, 0.1) is 0 Å². The molecule has 2 N–H and O–H groups in total. The van der Waals surface area contributed by atoms with Gasteiger partial charge in [-0.2, -0.15) is 0 Å². The maximum Gasteiger partial charge on any atom is 0.171 e. The highest BCUT2D eigenvalue weighted by molar-refractivity contribution is 9.10. The van der Waals surface area contributed by atoms with Crippen LogP contribution in [-0.4, -0.2) is 24.9 Å². The Morgan fingerprint density at radius 1 is 1.50 bits per heavy atom. The maximum atomic E-state index is 5.28. The van der Waals surface area contributed by atoms with E-state index in [1.807, 2.05) is 19.1 Å². The fraction of sp³-hybridized carbons (Fsp3) is 0.462. The first-order chi connectivity index (χ1) is 8.56. The topological polar surface area (TPSA) is 33.3 Å². The molecule has 1 aromatic carbocycles. The molecule has 0 amide bonds. The Bertz CT molecular complexity index is 412. The predicted molar refractivity (Wildman–Crippen MR) is 84.2 cm³/mol. The van der Waals surface area contributed by atoms with Crippen molar-refractivity contribution in [2.24, 2.45) is 0 Å². The van der Waals surface area contributed by atoms with Crippen LogP contribution in [0.4, 0.5) is 5.69 Å². The van der Waals surface area contributed by atoms with E-state index in [1.54, 1.807) is 7.11 Å². The predicted octanol–water partition coefficient (Wildman–Crippen LogP) is 3.33. The molecule has 18 heavy (non-hydrogen) atoms. The summed E-state index contributed by atoms with van der Waals surface area (Å²) in [4.78, 5) is 0. The van der Waals surface area contributed by atoms with E-state index in [1.165, 1.54) is 5.56 Å². The first-order valence-electron chi connectivity index (χ1n) is 5.91. The standard InChI is InChI=1S/C13H19BrN2OS/c1-4-10-7-11(14)5-6-12(10)16-13(18)15-9(2)8-17-3/h5-7,9H,4,8H2,1-3H3,(H2,15,16,18). The van der Waals surface area contributed by atoms with Gasteiger partial charge in [-0.25, -0.2) is 0 Å². The fourth-order valence-corrected chi connectivity index (χ4v) is 2.37. The molecule has 100 valence electrons. The van der Waals surface area contributed by atoms with Crippen molar-refractivity contribution in [3.8, 4) is 0 Å². The molecule has 5 heteroatoms. The minimum Gasteiger partial charge on any atom is -0.383 e. The van der Waals surface area contributed by atoms with Gasteiger partial charge in [-0.3, -0.25) is 0 Å². The third-order valence-electron chi connectivity index (χ3n) is 2.49. The van der Waals surface area contributed by atoms with Crippen LogP contribution in [0.3, 0.4) is 0 Å². The van der Waals surface area contributed by atoms with E-state index in [4.69, 9.17) is 17.0 Å². The lowest BCUT2D eigenvalue weighted by Gasteiger charge is -2.17. The molecule has 0 spiro atoms. The monoisotopic (exact) mass is 330 g/mol. The minimum atomic E-state index is 0.190. The lowest BCUT2D eigenvalue weighted by Crippen LogP contribution is -2.38. The molecule has 0 saturated heterocycles. The van der Waals surface area contributed by atoms with Gasteiger partial charge in [0, 0.05) is 23.3 Å². The van der Waals surface area contributed by atoms with E-state index in [-0.39, 0.29) is 6.04 Å². The Hall–Kier alpha value is -0.650. The zero-order valence-electron chi connectivity index (χ0n) is 10.9. The number of thiocarbonyl (C=S) groups is 1. The van der Waals surface area contributed by atoms with Crippen LogP contribution in [-0.2, 0) is 11.2 Å². The second-order valence-corrected chi connectivity index (χ2v) is 5.43. The summed E-state index contributed by atoms with van der Waals surface area (Å²) >= 11 is 8.75. The molecule has 0 aliphatic heterocycles. The van der Waals surface area contributed by atoms with Gasteiger partial charge in [-0.1, -0.05) is 22.9 Å². The molecular formula is C13H19BrN2OS. The summed E-state index contributed by atoms with van der Waals surface area (Å²) in [6.45, 7) is 4.78. The zero-order chi connectivity index (χ0) is 13.5. The molecule has 1 atom stereocenters. The van der Waals surface area contributed by atoms with Crippen LogP contribution in [0.25, 0.3) is 0 Å². The summed E-state index contributed by atoms with van der Waals surface area (Å²) < 4.78 is 6.14. The van der Waals surface area contributed by atoms with Gasteiger partial charge < -0.3 is 15.4 Å². The molecule has 0 heterocycles. The Morgan fingerprint density at radius 2 is 2.22 bits per heavy atom. The SMILES string of the molecule is CCc1cc(Br)ccc1NC(=S)NC(C)COC. The average Bonchev–Trinajstić information content (AvgIpc) is 2.31. The lowest BCUT2D eigenvalue weighted by atomic mass is 10.1. The van der Waals surface area contributed by atoms with Crippen molar-refractivity contribution in [1.29, 1.82) is 0 Å². The Morgan fingerprint density at radius 3 is 2.83 bits per heavy atom. The molecule has 1 aromatic rings. The first-order valence-corrected chi connectivity index (χ1v) is 7.11. The summed E-state index contributed by atoms with van der Waals surface area (Å²) in [5.74, 6) is 0. The first kappa shape index (κ1) is 15.4. The van der Waals surface area contributed by atoms with Crippen LogP contribution < -0.4 is 10.6 Å². The van der Waals surface area contributed by atoms with Crippen molar-refractivity contribution < 1.29 is 4.74 Å². The Kier molecular flexibility index (Phi) is 6.60. The molecule has 0 aliphatic rings. The summed E-state index contributed by atoms with van der Waals surface area (Å²) in [5.41, 5.74) is 2.27. The number of nitrogens with one attached hydrogen (secondary N) is 2. The number of benzene rings is 1. The number of ether oxygens (including phenoxy) is 1. The summed E-state index contributed by atoms with van der Waals surface area (Å²) in [6.07, 6.45) is 0.956. The summed E-state index contributed by atoms with van der Waals surface area (Å²) in [6, 6.07) is 6.32. The minimum absolute atomic E-state index is 0.190. The van der Waals surface area contributed by atoms with Crippen molar-refractivity contribution in [2.45, 2.75) is 26.3 Å². The second kappa shape index (κ2) is 7.71. The number of hydrogen-bond donors (Lipinski definition) is 2. The number of anilines is 1. The molecule has 0 radical (unpaired) electrons. The van der Waals surface area contributed by atoms with Gasteiger partial charge in [0.05, 0.1) is 6.61 Å². The average molecular weight is 331 g/mol. The molecule has 0 saturated carbocycles. The third-order valence-corrected chi connectivity index (χ3v) is 3.20. The van der Waals surface area contributed by atoms with E-state index in [2.05, 4.69) is 39.6 Å². The van der Waals surface area contributed by atoms with Crippen molar-refractivity contribution in [3.63, 3.8) is 0 Å². The van der Waals surface area contributed by atoms with Crippen LogP contribution in [0.2, 0.25) is 0 Å². The van der Waals surface area contributed by atoms with Gasteiger partial charge in [0.15, 0.2) is 5.11 Å². The lowest BCUT2D eigenvalue weighted by molar-refractivity contribution is 0.179. The molecule has 1 unspecified atom stereocenters. The second-order valence-electron chi connectivity index (χ2n) is 4.11. The number of hydrogen-bond acceptors (Lipinski definition) is 2. The largest absolute Gasteiger partial charge is 0.383 e. The van der Waals surface area contributed by atoms with E-state index < -0.39 is 0 Å². The van der Waals surface area contributed by atoms with E-state index in [9.17, 15) is 0 Å². The third kappa shape index (κ3) is 4.92. The molecule has 1 rings (SSSR count). The van der Waals surface area contributed by atoms with Gasteiger partial charge in [-0.15, -0.1) is 0 Å². The molecule has 0 aliphatic carbocycles. The zero-order valence-corrected chi connectivity index (χ0v) is 13.3. The quantitative estimate of drug-likeness (QED) is 0.811. The van der Waals surface area contributed by atoms with E-state index in [0.717, 1.165) is 16.6 Å². The van der Waals surface area contributed by atoms with Gasteiger partial charge in [-0.05, 0) is 49.3 Å². The number of rotatable bonds is 5. The van der Waals surface area contributed by atoms with Gasteiger partial charge in [0.25, 0.3) is 0 Å². The number of aryl methyl sites for hydroxylation is 1. The van der Waals surface area contributed by atoms with E-state index >= 15 is 0 Å². The van der Waals surface area contributed by atoms with Crippen molar-refractivity contribution in [2.75, 3.05) is 19.0 Å². The smallest absolute Gasteiger partial charge is 0.171 e.